The molecule has 0 aromatic heterocycles. The van der Waals surface area contributed by atoms with Crippen LogP contribution in [0.3, 0.4) is 0 Å². The molecule has 0 aromatic rings. The third kappa shape index (κ3) is 7.13. The Morgan fingerprint density at radius 2 is 1.42 bits per heavy atom. The summed E-state index contributed by atoms with van der Waals surface area (Å²) in [6.45, 7) is 7.20. The minimum absolute atomic E-state index is 0.265. The van der Waals surface area contributed by atoms with Crippen molar-refractivity contribution in [2.45, 2.75) is 123 Å². The smallest absolute Gasteiger partial charge is 0.358 e. The summed E-state index contributed by atoms with van der Waals surface area (Å²) < 4.78 is 35.2. The fourth-order valence-electron chi connectivity index (χ4n) is 7.18. The second-order valence-corrected chi connectivity index (χ2v) is 11.6. The summed E-state index contributed by atoms with van der Waals surface area (Å²) >= 11 is 0. The topological polar surface area (TPSA) is 29.5 Å². The quantitative estimate of drug-likeness (QED) is 0.369. The van der Waals surface area contributed by atoms with Crippen LogP contribution in [-0.4, -0.2) is 23.9 Å². The number of hydrogen-bond donors (Lipinski definition) is 1. The second kappa shape index (κ2) is 11.8. The fraction of sp³-hybridized carbons (Fsp3) is 1.00. The Bertz CT molecular complexity index is 517. The highest BCUT2D eigenvalue weighted by atomic mass is 19.3. The van der Waals surface area contributed by atoms with Crippen molar-refractivity contribution in [2.75, 3.05) is 6.61 Å². The van der Waals surface area contributed by atoms with E-state index in [-0.39, 0.29) is 6.10 Å². The van der Waals surface area contributed by atoms with Gasteiger partial charge in [-0.2, -0.15) is 8.78 Å². The molecule has 6 atom stereocenters. The molecule has 0 radical (unpaired) electrons. The molecule has 2 nitrogen and oxygen atoms in total. The fourth-order valence-corrected chi connectivity index (χ4v) is 7.18. The summed E-state index contributed by atoms with van der Waals surface area (Å²) in [6, 6.07) is 0. The third-order valence-corrected chi connectivity index (χ3v) is 9.17. The summed E-state index contributed by atoms with van der Waals surface area (Å²) in [5.41, 5.74) is 0. The Labute approximate surface area is 189 Å². The predicted molar refractivity (Wildman–Crippen MR) is 123 cm³/mol. The first-order valence-corrected chi connectivity index (χ1v) is 13.5. The lowest BCUT2D eigenvalue weighted by Crippen LogP contribution is -2.42. The molecule has 31 heavy (non-hydrogen) atoms. The molecule has 0 spiro atoms. The van der Waals surface area contributed by atoms with Gasteiger partial charge < -0.3 is 9.84 Å². The van der Waals surface area contributed by atoms with Gasteiger partial charge in [0.25, 0.3) is 0 Å². The van der Waals surface area contributed by atoms with Crippen LogP contribution >= 0.6 is 0 Å². The average Bonchev–Trinajstić information content (AvgIpc) is 2.72. The Morgan fingerprint density at radius 3 is 2.03 bits per heavy atom. The Balaban J connectivity index is 1.43. The molecule has 3 aliphatic carbocycles. The van der Waals surface area contributed by atoms with Crippen LogP contribution in [0, 0.1) is 41.4 Å². The maximum absolute atomic E-state index is 14.8. The van der Waals surface area contributed by atoms with Crippen LogP contribution in [0.1, 0.15) is 111 Å². The van der Waals surface area contributed by atoms with Crippen molar-refractivity contribution in [3.63, 3.8) is 0 Å². The lowest BCUT2D eigenvalue weighted by atomic mass is 9.62. The van der Waals surface area contributed by atoms with Gasteiger partial charge in [-0.1, -0.05) is 59.3 Å². The van der Waals surface area contributed by atoms with Crippen LogP contribution in [0.25, 0.3) is 0 Å². The monoisotopic (exact) mass is 442 g/mol. The summed E-state index contributed by atoms with van der Waals surface area (Å²) in [7, 11) is 0. The van der Waals surface area contributed by atoms with Crippen molar-refractivity contribution in [3.05, 3.63) is 0 Å². The number of unbranched alkanes of at least 4 members (excludes halogenated alkanes) is 2. The van der Waals surface area contributed by atoms with Crippen molar-refractivity contribution in [1.29, 1.82) is 0 Å². The first-order valence-electron chi connectivity index (χ1n) is 13.5. The molecular formula is C27H48F2O2. The minimum Gasteiger partial charge on any atom is -0.396 e. The molecule has 0 bridgehead atoms. The molecule has 182 valence electrons. The molecular weight excluding hydrogens is 394 g/mol. The summed E-state index contributed by atoms with van der Waals surface area (Å²) in [5, 5.41) is 8.96. The minimum atomic E-state index is -2.95. The van der Waals surface area contributed by atoms with Crippen molar-refractivity contribution in [3.8, 4) is 0 Å². The zero-order valence-electron chi connectivity index (χ0n) is 20.3. The van der Waals surface area contributed by atoms with E-state index in [0.29, 0.717) is 37.2 Å². The molecule has 4 heteroatoms. The third-order valence-electron chi connectivity index (χ3n) is 9.17. The van der Waals surface area contributed by atoms with Gasteiger partial charge in [0.2, 0.25) is 0 Å². The van der Waals surface area contributed by atoms with E-state index in [1.807, 2.05) is 0 Å². The van der Waals surface area contributed by atoms with Crippen molar-refractivity contribution < 1.29 is 18.6 Å². The van der Waals surface area contributed by atoms with Crippen LogP contribution in [0.15, 0.2) is 0 Å². The molecule has 0 heterocycles. The lowest BCUT2D eigenvalue weighted by Gasteiger charge is -2.45. The van der Waals surface area contributed by atoms with E-state index in [4.69, 9.17) is 9.84 Å². The number of aliphatic hydroxyl groups excluding tert-OH is 1. The zero-order valence-corrected chi connectivity index (χ0v) is 20.3. The van der Waals surface area contributed by atoms with Gasteiger partial charge in [0, 0.05) is 6.61 Å². The SMILES string of the molecule is CC1CCC(C(F)(F)OC2CCC(C3CCC(CCCCCO)CC3C)C(C)C2)CC1. The highest BCUT2D eigenvalue weighted by Crippen LogP contribution is 2.48. The summed E-state index contributed by atoms with van der Waals surface area (Å²) in [4.78, 5) is 0. The number of hydrogen-bond acceptors (Lipinski definition) is 2. The number of rotatable bonds is 9. The largest absolute Gasteiger partial charge is 0.396 e. The van der Waals surface area contributed by atoms with Gasteiger partial charge in [-0.25, -0.2) is 0 Å². The Hall–Kier alpha value is -0.220. The molecule has 3 saturated carbocycles. The number of halogens is 2. The maximum Gasteiger partial charge on any atom is 0.358 e. The molecule has 0 aliphatic heterocycles. The van der Waals surface area contributed by atoms with Gasteiger partial charge in [-0.05, 0) is 86.9 Å². The maximum atomic E-state index is 14.8. The van der Waals surface area contributed by atoms with E-state index < -0.39 is 12.0 Å². The van der Waals surface area contributed by atoms with Gasteiger partial charge in [0.15, 0.2) is 0 Å². The predicted octanol–water partition coefficient (Wildman–Crippen LogP) is 7.83. The van der Waals surface area contributed by atoms with Gasteiger partial charge in [0.1, 0.15) is 0 Å². The average molecular weight is 443 g/mol. The van der Waals surface area contributed by atoms with Gasteiger partial charge in [-0.15, -0.1) is 0 Å². The first kappa shape index (κ1) is 25.4. The van der Waals surface area contributed by atoms with E-state index in [1.165, 1.54) is 32.1 Å². The molecule has 0 saturated heterocycles. The summed E-state index contributed by atoms with van der Waals surface area (Å²) in [6.07, 6.45) is 11.1. The number of alkyl halides is 2. The van der Waals surface area contributed by atoms with Crippen molar-refractivity contribution in [1.82, 2.24) is 0 Å². The zero-order chi connectivity index (χ0) is 22.4. The molecule has 3 rings (SSSR count). The van der Waals surface area contributed by atoms with E-state index in [9.17, 15) is 8.78 Å². The van der Waals surface area contributed by atoms with E-state index in [2.05, 4.69) is 20.8 Å². The Kier molecular flexibility index (Phi) is 9.64. The molecule has 3 fully saturated rings. The molecule has 1 N–H and O–H groups in total. The van der Waals surface area contributed by atoms with Gasteiger partial charge >= 0.3 is 6.11 Å². The second-order valence-electron chi connectivity index (χ2n) is 11.6. The molecule has 0 aromatic carbocycles. The lowest BCUT2D eigenvalue weighted by molar-refractivity contribution is -0.304. The highest BCUT2D eigenvalue weighted by molar-refractivity contribution is 4.89. The standard InChI is InChI=1S/C27H48F2O2/c1-19-8-11-23(12-9-19)27(28,29)31-24-13-15-26(21(3)18-24)25-14-10-22(17-20(25)2)7-5-4-6-16-30/h19-26,30H,4-18H2,1-3H3. The molecule has 6 unspecified atom stereocenters. The van der Waals surface area contributed by atoms with Gasteiger partial charge in [-0.3, -0.25) is 0 Å². The van der Waals surface area contributed by atoms with Crippen LogP contribution in [0.2, 0.25) is 0 Å². The van der Waals surface area contributed by atoms with E-state index >= 15 is 0 Å². The van der Waals surface area contributed by atoms with Gasteiger partial charge in [0.05, 0.1) is 12.0 Å². The summed E-state index contributed by atoms with van der Waals surface area (Å²) in [5.74, 6) is 3.50. The molecule has 0 amide bonds. The molecule has 3 aliphatic rings. The highest BCUT2D eigenvalue weighted by Gasteiger charge is 2.46. The van der Waals surface area contributed by atoms with Crippen molar-refractivity contribution >= 4 is 0 Å². The Morgan fingerprint density at radius 1 is 0.774 bits per heavy atom. The van der Waals surface area contributed by atoms with Crippen LogP contribution in [0.5, 0.6) is 0 Å². The number of aliphatic hydroxyl groups is 1. The number of ether oxygens (including phenoxy) is 1. The normalized spacial score (nSPS) is 40.1. The van der Waals surface area contributed by atoms with Crippen LogP contribution < -0.4 is 0 Å². The van der Waals surface area contributed by atoms with E-state index in [1.54, 1.807) is 0 Å². The van der Waals surface area contributed by atoms with Crippen LogP contribution in [0.4, 0.5) is 8.78 Å². The van der Waals surface area contributed by atoms with E-state index in [0.717, 1.165) is 62.7 Å². The first-order chi connectivity index (χ1) is 14.8. The van der Waals surface area contributed by atoms with Crippen LogP contribution in [-0.2, 0) is 4.74 Å². The van der Waals surface area contributed by atoms with Crippen molar-refractivity contribution in [2.24, 2.45) is 41.4 Å².